The smallest absolute Gasteiger partial charge is 0.267 e. The molecule has 1 aromatic carbocycles. The van der Waals surface area contributed by atoms with Crippen molar-refractivity contribution in [3.05, 3.63) is 59.9 Å². The Bertz CT molecular complexity index is 587. The number of carbonyl (C=O) groups excluding carboxylic acids is 1. The van der Waals surface area contributed by atoms with Crippen molar-refractivity contribution in [1.82, 2.24) is 14.8 Å². The second-order valence-corrected chi connectivity index (χ2v) is 5.36. The second kappa shape index (κ2) is 7.80. The lowest BCUT2D eigenvalue weighted by atomic mass is 10.1. The molecular weight excluding hydrogens is 274 g/mol. The van der Waals surface area contributed by atoms with Gasteiger partial charge in [0, 0.05) is 19.8 Å². The maximum Gasteiger partial charge on any atom is 0.267 e. The van der Waals surface area contributed by atoms with E-state index < -0.39 is 0 Å². The summed E-state index contributed by atoms with van der Waals surface area (Å²) in [6, 6.07) is 14.3. The summed E-state index contributed by atoms with van der Waals surface area (Å²) < 4.78 is 1.84. The van der Waals surface area contributed by atoms with Crippen molar-refractivity contribution in [1.29, 1.82) is 0 Å². The molecular formula is C18H25N3O. The number of carbonyl (C=O) groups is 1. The number of hydrogen-bond donors (Lipinski definition) is 1. The molecule has 1 unspecified atom stereocenters. The van der Waals surface area contributed by atoms with E-state index in [0.29, 0.717) is 12.2 Å². The number of aryl methyl sites for hydroxylation is 1. The number of benzene rings is 1. The molecule has 1 amide bonds. The lowest BCUT2D eigenvalue weighted by Gasteiger charge is -2.30. The predicted octanol–water partition coefficient (Wildman–Crippen LogP) is 2.84. The Morgan fingerprint density at radius 3 is 2.36 bits per heavy atom. The van der Waals surface area contributed by atoms with Crippen LogP contribution in [-0.2, 0) is 7.05 Å². The van der Waals surface area contributed by atoms with Crippen molar-refractivity contribution in [2.45, 2.75) is 19.9 Å². The summed E-state index contributed by atoms with van der Waals surface area (Å²) in [5, 5.41) is 3.07. The fourth-order valence-corrected chi connectivity index (χ4v) is 2.77. The Kier molecular flexibility index (Phi) is 5.78. The van der Waals surface area contributed by atoms with Crippen LogP contribution in [0.3, 0.4) is 0 Å². The first-order chi connectivity index (χ1) is 10.7. The minimum Gasteiger partial charge on any atom is -0.349 e. The molecule has 0 radical (unpaired) electrons. The highest BCUT2D eigenvalue weighted by Crippen LogP contribution is 2.19. The first-order valence-electron chi connectivity index (χ1n) is 7.85. The first-order valence-corrected chi connectivity index (χ1v) is 7.85. The van der Waals surface area contributed by atoms with E-state index in [-0.39, 0.29) is 11.9 Å². The zero-order valence-electron chi connectivity index (χ0n) is 13.6. The Morgan fingerprint density at radius 2 is 1.82 bits per heavy atom. The van der Waals surface area contributed by atoms with Gasteiger partial charge in [-0.2, -0.15) is 0 Å². The minimum absolute atomic E-state index is 0.0272. The van der Waals surface area contributed by atoms with Gasteiger partial charge in [0.25, 0.3) is 5.91 Å². The van der Waals surface area contributed by atoms with Crippen molar-refractivity contribution in [3.63, 3.8) is 0 Å². The molecule has 1 N–H and O–H groups in total. The number of nitrogens with one attached hydrogen (secondary N) is 1. The van der Waals surface area contributed by atoms with E-state index in [1.54, 1.807) is 0 Å². The Morgan fingerprint density at radius 1 is 1.14 bits per heavy atom. The number of aromatic nitrogens is 1. The maximum absolute atomic E-state index is 12.3. The van der Waals surface area contributed by atoms with Crippen LogP contribution in [0.25, 0.3) is 0 Å². The van der Waals surface area contributed by atoms with Crippen LogP contribution in [0.1, 0.15) is 35.9 Å². The van der Waals surface area contributed by atoms with Crippen LogP contribution in [0.5, 0.6) is 0 Å². The molecule has 0 aliphatic heterocycles. The summed E-state index contributed by atoms with van der Waals surface area (Å²) in [7, 11) is 1.88. The zero-order valence-corrected chi connectivity index (χ0v) is 13.6. The predicted molar refractivity (Wildman–Crippen MR) is 89.9 cm³/mol. The maximum atomic E-state index is 12.3. The molecule has 4 heteroatoms. The number of nitrogens with zero attached hydrogens (tertiary/aromatic N) is 2. The summed E-state index contributed by atoms with van der Waals surface area (Å²) in [6.07, 6.45) is 1.88. The van der Waals surface area contributed by atoms with E-state index in [4.69, 9.17) is 0 Å². The molecule has 22 heavy (non-hydrogen) atoms. The molecule has 2 rings (SSSR count). The van der Waals surface area contributed by atoms with Gasteiger partial charge in [0.05, 0.1) is 6.04 Å². The van der Waals surface area contributed by atoms with E-state index in [0.717, 1.165) is 13.1 Å². The van der Waals surface area contributed by atoms with Gasteiger partial charge in [-0.25, -0.2) is 0 Å². The van der Waals surface area contributed by atoms with Gasteiger partial charge in [-0.05, 0) is 30.8 Å². The molecule has 2 aromatic rings. The molecule has 0 saturated heterocycles. The highest BCUT2D eigenvalue weighted by molar-refractivity contribution is 5.92. The third kappa shape index (κ3) is 3.77. The summed E-state index contributed by atoms with van der Waals surface area (Å²) in [4.78, 5) is 14.7. The minimum atomic E-state index is -0.0272. The first kappa shape index (κ1) is 16.3. The standard InChI is InChI=1S/C18H25N3O/c1-4-21(5-2)17(15-10-7-6-8-11-15)14-19-18(22)16-12-9-13-20(16)3/h6-13,17H,4-5,14H2,1-3H3,(H,19,22). The van der Waals surface area contributed by atoms with Crippen LogP contribution in [0.4, 0.5) is 0 Å². The van der Waals surface area contributed by atoms with E-state index in [1.165, 1.54) is 5.56 Å². The van der Waals surface area contributed by atoms with Crippen molar-refractivity contribution in [2.24, 2.45) is 7.05 Å². The van der Waals surface area contributed by atoms with E-state index in [9.17, 15) is 4.79 Å². The highest BCUT2D eigenvalue weighted by Gasteiger charge is 2.19. The molecule has 0 aliphatic rings. The Balaban J connectivity index is 2.10. The van der Waals surface area contributed by atoms with Gasteiger partial charge in [0.1, 0.15) is 5.69 Å². The SMILES string of the molecule is CCN(CC)C(CNC(=O)c1cccn1C)c1ccccc1. The second-order valence-electron chi connectivity index (χ2n) is 5.36. The normalized spacial score (nSPS) is 12.4. The zero-order chi connectivity index (χ0) is 15.9. The quantitative estimate of drug-likeness (QED) is 0.853. The molecule has 0 spiro atoms. The van der Waals surface area contributed by atoms with Crippen molar-refractivity contribution in [2.75, 3.05) is 19.6 Å². The molecule has 0 bridgehead atoms. The van der Waals surface area contributed by atoms with Crippen molar-refractivity contribution >= 4 is 5.91 Å². The average Bonchev–Trinajstić information content (AvgIpc) is 2.98. The monoisotopic (exact) mass is 299 g/mol. The molecule has 1 heterocycles. The lowest BCUT2D eigenvalue weighted by molar-refractivity contribution is 0.0927. The fraction of sp³-hybridized carbons (Fsp3) is 0.389. The van der Waals surface area contributed by atoms with Gasteiger partial charge in [0.15, 0.2) is 0 Å². The highest BCUT2D eigenvalue weighted by atomic mass is 16.1. The molecule has 0 fully saturated rings. The molecule has 118 valence electrons. The number of rotatable bonds is 7. The molecule has 4 nitrogen and oxygen atoms in total. The summed E-state index contributed by atoms with van der Waals surface area (Å²) in [5.74, 6) is -0.0272. The molecule has 0 saturated carbocycles. The summed E-state index contributed by atoms with van der Waals surface area (Å²) in [6.45, 7) is 6.82. The van der Waals surface area contributed by atoms with E-state index in [2.05, 4.69) is 36.2 Å². The summed E-state index contributed by atoms with van der Waals surface area (Å²) in [5.41, 5.74) is 1.92. The van der Waals surface area contributed by atoms with Crippen LogP contribution in [0.2, 0.25) is 0 Å². The van der Waals surface area contributed by atoms with E-state index in [1.807, 2.05) is 48.1 Å². The van der Waals surface area contributed by atoms with Gasteiger partial charge in [-0.1, -0.05) is 44.2 Å². The fourth-order valence-electron chi connectivity index (χ4n) is 2.77. The lowest BCUT2D eigenvalue weighted by Crippen LogP contribution is -2.38. The van der Waals surface area contributed by atoms with E-state index >= 15 is 0 Å². The van der Waals surface area contributed by atoms with Crippen molar-refractivity contribution in [3.8, 4) is 0 Å². The third-order valence-electron chi connectivity index (χ3n) is 4.07. The number of amides is 1. The average molecular weight is 299 g/mol. The van der Waals surface area contributed by atoms with Gasteiger partial charge >= 0.3 is 0 Å². The van der Waals surface area contributed by atoms with Gasteiger partial charge in [-0.15, -0.1) is 0 Å². The van der Waals surface area contributed by atoms with Gasteiger partial charge in [-0.3, -0.25) is 9.69 Å². The van der Waals surface area contributed by atoms with Gasteiger partial charge in [0.2, 0.25) is 0 Å². The summed E-state index contributed by atoms with van der Waals surface area (Å²) >= 11 is 0. The van der Waals surface area contributed by atoms with Crippen LogP contribution >= 0.6 is 0 Å². The molecule has 1 atom stereocenters. The number of likely N-dealkylation sites (N-methyl/N-ethyl adjacent to an activating group) is 1. The Hall–Kier alpha value is -2.07. The molecule has 1 aromatic heterocycles. The molecule has 0 aliphatic carbocycles. The topological polar surface area (TPSA) is 37.3 Å². The third-order valence-corrected chi connectivity index (χ3v) is 4.07. The van der Waals surface area contributed by atoms with Crippen molar-refractivity contribution < 1.29 is 4.79 Å². The largest absolute Gasteiger partial charge is 0.349 e. The van der Waals surface area contributed by atoms with Gasteiger partial charge < -0.3 is 9.88 Å². The number of hydrogen-bond acceptors (Lipinski definition) is 2. The van der Waals surface area contributed by atoms with Crippen LogP contribution in [0, 0.1) is 0 Å². The van der Waals surface area contributed by atoms with Crippen LogP contribution in [-0.4, -0.2) is 35.0 Å². The van der Waals surface area contributed by atoms with Crippen LogP contribution in [0.15, 0.2) is 48.7 Å². The van der Waals surface area contributed by atoms with Crippen LogP contribution < -0.4 is 5.32 Å². The Labute approximate surface area is 132 Å².